The van der Waals surface area contributed by atoms with Gasteiger partial charge < -0.3 is 9.47 Å². The van der Waals surface area contributed by atoms with Gasteiger partial charge in [-0.05, 0) is 44.5 Å². The molecule has 2 heterocycles. The highest BCUT2D eigenvalue weighted by molar-refractivity contribution is 5.96. The molecule has 20 heavy (non-hydrogen) atoms. The number of amides is 1. The fourth-order valence-electron chi connectivity index (χ4n) is 2.98. The Morgan fingerprint density at radius 3 is 2.80 bits per heavy atom. The van der Waals surface area contributed by atoms with Crippen molar-refractivity contribution in [2.24, 2.45) is 0 Å². The second kappa shape index (κ2) is 4.82. The van der Waals surface area contributed by atoms with E-state index in [0.717, 1.165) is 29.8 Å². The molecule has 3 nitrogen and oxygen atoms in total. The van der Waals surface area contributed by atoms with Crippen LogP contribution in [0.25, 0.3) is 0 Å². The molecular formula is C17H20N2O. The molecule has 0 saturated carbocycles. The van der Waals surface area contributed by atoms with Gasteiger partial charge in [-0.2, -0.15) is 0 Å². The van der Waals surface area contributed by atoms with E-state index in [-0.39, 0.29) is 11.9 Å². The maximum Gasteiger partial charge on any atom is 0.254 e. The van der Waals surface area contributed by atoms with E-state index in [1.807, 2.05) is 30.9 Å². The van der Waals surface area contributed by atoms with E-state index in [0.29, 0.717) is 0 Å². The average Bonchev–Trinajstić information content (AvgIpc) is 2.90. The summed E-state index contributed by atoms with van der Waals surface area (Å²) in [7, 11) is 0. The number of carbonyl (C=O) groups excluding carboxylic acids is 1. The van der Waals surface area contributed by atoms with Crippen LogP contribution in [0.1, 0.15) is 40.1 Å². The molecule has 0 unspecified atom stereocenters. The maximum absolute atomic E-state index is 12.8. The highest BCUT2D eigenvalue weighted by Crippen LogP contribution is 2.27. The molecule has 0 fully saturated rings. The molecule has 1 amide bonds. The molecule has 1 aliphatic heterocycles. The van der Waals surface area contributed by atoms with Crippen LogP contribution in [-0.4, -0.2) is 21.9 Å². The van der Waals surface area contributed by atoms with Crippen molar-refractivity contribution < 1.29 is 4.79 Å². The van der Waals surface area contributed by atoms with Crippen molar-refractivity contribution in [3.05, 3.63) is 58.9 Å². The maximum atomic E-state index is 12.8. The monoisotopic (exact) mass is 268 g/mol. The van der Waals surface area contributed by atoms with Crippen molar-refractivity contribution in [2.45, 2.75) is 33.4 Å². The molecule has 0 radical (unpaired) electrons. The van der Waals surface area contributed by atoms with Gasteiger partial charge >= 0.3 is 0 Å². The Morgan fingerprint density at radius 1 is 1.20 bits per heavy atom. The van der Waals surface area contributed by atoms with E-state index in [9.17, 15) is 4.79 Å². The second-order valence-corrected chi connectivity index (χ2v) is 5.62. The van der Waals surface area contributed by atoms with Gasteiger partial charge in [0.25, 0.3) is 5.91 Å². The lowest BCUT2D eigenvalue weighted by molar-refractivity contribution is 0.0643. The van der Waals surface area contributed by atoms with Crippen LogP contribution >= 0.6 is 0 Å². The van der Waals surface area contributed by atoms with Crippen LogP contribution in [0.15, 0.2) is 36.5 Å². The number of aryl methyl sites for hydroxylation is 2. The van der Waals surface area contributed by atoms with Crippen LogP contribution < -0.4 is 0 Å². The Balaban J connectivity index is 1.94. The van der Waals surface area contributed by atoms with E-state index in [4.69, 9.17) is 0 Å². The third-order valence-corrected chi connectivity index (χ3v) is 4.23. The summed E-state index contributed by atoms with van der Waals surface area (Å²) < 4.78 is 2.23. The third-order valence-electron chi connectivity index (χ3n) is 4.23. The van der Waals surface area contributed by atoms with Gasteiger partial charge in [-0.1, -0.05) is 17.7 Å². The number of rotatable bonds is 1. The van der Waals surface area contributed by atoms with Crippen molar-refractivity contribution in [2.75, 3.05) is 6.54 Å². The quantitative estimate of drug-likeness (QED) is 0.779. The lowest BCUT2D eigenvalue weighted by Gasteiger charge is -2.35. The normalized spacial score (nSPS) is 17.9. The standard InChI is InChI=1S/C17H20N2O/c1-12-6-7-13(2)15(11-12)17(20)19-10-9-18-8-4-5-16(18)14(19)3/h4-8,11,14H,9-10H2,1-3H3/t14-/m0/s1. The van der Waals surface area contributed by atoms with Gasteiger partial charge in [0, 0.05) is 30.5 Å². The van der Waals surface area contributed by atoms with Gasteiger partial charge in [-0.25, -0.2) is 0 Å². The topological polar surface area (TPSA) is 25.2 Å². The first-order chi connectivity index (χ1) is 9.58. The molecule has 0 aliphatic carbocycles. The van der Waals surface area contributed by atoms with Gasteiger partial charge in [-0.3, -0.25) is 4.79 Å². The van der Waals surface area contributed by atoms with Crippen molar-refractivity contribution in [3.63, 3.8) is 0 Å². The second-order valence-electron chi connectivity index (χ2n) is 5.62. The summed E-state index contributed by atoms with van der Waals surface area (Å²) in [6.45, 7) is 7.79. The van der Waals surface area contributed by atoms with Gasteiger partial charge in [0.05, 0.1) is 6.04 Å². The largest absolute Gasteiger partial charge is 0.348 e. The zero-order chi connectivity index (χ0) is 14.3. The van der Waals surface area contributed by atoms with E-state index in [1.165, 1.54) is 5.69 Å². The minimum Gasteiger partial charge on any atom is -0.348 e. The summed E-state index contributed by atoms with van der Waals surface area (Å²) in [5.41, 5.74) is 4.23. The number of hydrogen-bond donors (Lipinski definition) is 0. The van der Waals surface area contributed by atoms with Crippen LogP contribution in [0, 0.1) is 13.8 Å². The molecule has 104 valence electrons. The third kappa shape index (κ3) is 2.03. The van der Waals surface area contributed by atoms with E-state index >= 15 is 0 Å². The van der Waals surface area contributed by atoms with Crippen LogP contribution in [0.5, 0.6) is 0 Å². The molecule has 1 aromatic heterocycles. The fraction of sp³-hybridized carbons (Fsp3) is 0.353. The van der Waals surface area contributed by atoms with Crippen LogP contribution in [0.2, 0.25) is 0 Å². The van der Waals surface area contributed by atoms with Gasteiger partial charge in [0.15, 0.2) is 0 Å². The van der Waals surface area contributed by atoms with Crippen LogP contribution in [0.3, 0.4) is 0 Å². The van der Waals surface area contributed by atoms with Crippen molar-refractivity contribution in [3.8, 4) is 0 Å². The molecule has 1 aromatic carbocycles. The number of fused-ring (bicyclic) bond motifs is 1. The predicted molar refractivity (Wildman–Crippen MR) is 79.8 cm³/mol. The molecule has 0 saturated heterocycles. The smallest absolute Gasteiger partial charge is 0.254 e. The van der Waals surface area contributed by atoms with Crippen molar-refractivity contribution >= 4 is 5.91 Å². The lowest BCUT2D eigenvalue weighted by Crippen LogP contribution is -2.41. The summed E-state index contributed by atoms with van der Waals surface area (Å²) in [6, 6.07) is 10.4. The Hall–Kier alpha value is -2.03. The first kappa shape index (κ1) is 13.0. The van der Waals surface area contributed by atoms with Crippen LogP contribution in [-0.2, 0) is 6.54 Å². The Morgan fingerprint density at radius 2 is 2.00 bits per heavy atom. The van der Waals surface area contributed by atoms with Crippen LogP contribution in [0.4, 0.5) is 0 Å². The van der Waals surface area contributed by atoms with Crippen molar-refractivity contribution in [1.29, 1.82) is 0 Å². The minimum atomic E-state index is 0.131. The fourth-order valence-corrected chi connectivity index (χ4v) is 2.98. The first-order valence-corrected chi connectivity index (χ1v) is 7.11. The zero-order valence-corrected chi connectivity index (χ0v) is 12.3. The first-order valence-electron chi connectivity index (χ1n) is 7.11. The van der Waals surface area contributed by atoms with Gasteiger partial charge in [-0.15, -0.1) is 0 Å². The highest BCUT2D eigenvalue weighted by Gasteiger charge is 2.28. The number of aromatic nitrogens is 1. The van der Waals surface area contributed by atoms with E-state index in [1.54, 1.807) is 0 Å². The van der Waals surface area contributed by atoms with Gasteiger partial charge in [0.2, 0.25) is 0 Å². The highest BCUT2D eigenvalue weighted by atomic mass is 16.2. The molecule has 0 spiro atoms. The zero-order valence-electron chi connectivity index (χ0n) is 12.3. The number of carbonyl (C=O) groups is 1. The van der Waals surface area contributed by atoms with E-state index in [2.05, 4.69) is 35.9 Å². The van der Waals surface area contributed by atoms with Gasteiger partial charge in [0.1, 0.15) is 0 Å². The van der Waals surface area contributed by atoms with E-state index < -0.39 is 0 Å². The summed E-state index contributed by atoms with van der Waals surface area (Å²) >= 11 is 0. The Kier molecular flexibility index (Phi) is 3.13. The average molecular weight is 268 g/mol. The number of benzene rings is 1. The summed E-state index contributed by atoms with van der Waals surface area (Å²) in [5, 5.41) is 0. The Labute approximate surface area is 119 Å². The molecule has 3 rings (SSSR count). The summed E-state index contributed by atoms with van der Waals surface area (Å²) in [4.78, 5) is 14.8. The SMILES string of the molecule is Cc1ccc(C)c(C(=O)N2CCn3cccc3[C@@H]2C)c1. The number of hydrogen-bond acceptors (Lipinski definition) is 1. The molecule has 3 heteroatoms. The molecule has 1 aliphatic rings. The molecule has 0 N–H and O–H groups in total. The summed E-state index contributed by atoms with van der Waals surface area (Å²) in [6.07, 6.45) is 2.09. The lowest BCUT2D eigenvalue weighted by atomic mass is 10.0. The predicted octanol–water partition coefficient (Wildman–Crippen LogP) is 3.32. The molecular weight excluding hydrogens is 248 g/mol. The Bertz CT molecular complexity index is 657. The number of nitrogens with zero attached hydrogens (tertiary/aromatic N) is 2. The van der Waals surface area contributed by atoms with Crippen molar-refractivity contribution in [1.82, 2.24) is 9.47 Å². The molecule has 1 atom stereocenters. The summed E-state index contributed by atoms with van der Waals surface area (Å²) in [5.74, 6) is 0.145. The molecule has 0 bridgehead atoms. The minimum absolute atomic E-state index is 0.131. The molecule has 2 aromatic rings.